The molecule has 2 aromatic carbocycles. The number of nitrogens with one attached hydrogen (secondary N) is 1. The van der Waals surface area contributed by atoms with Crippen LogP contribution in [0.2, 0.25) is 0 Å². The number of nitrogens with zero attached hydrogens (tertiary/aromatic N) is 1. The number of ketones is 1. The zero-order valence-corrected chi connectivity index (χ0v) is 14.6. The summed E-state index contributed by atoms with van der Waals surface area (Å²) in [6, 6.07) is 18.8. The number of hydrogen-bond donors (Lipinski definition) is 1. The fourth-order valence-electron chi connectivity index (χ4n) is 2.42. The third kappa shape index (κ3) is 4.41. The monoisotopic (exact) mass is 360 g/mol. The lowest BCUT2D eigenvalue weighted by molar-refractivity contribution is 0.0988. The van der Waals surface area contributed by atoms with Crippen LogP contribution in [0.15, 0.2) is 65.1 Å². The number of anilines is 1. The molecule has 0 radical (unpaired) electrons. The Morgan fingerprint density at radius 3 is 2.70 bits per heavy atom. The lowest BCUT2D eigenvalue weighted by Gasteiger charge is -2.06. The Labute approximate surface area is 156 Å². The third-order valence-corrected chi connectivity index (χ3v) is 3.79. The van der Waals surface area contributed by atoms with Gasteiger partial charge < -0.3 is 14.5 Å². The van der Waals surface area contributed by atoms with Crippen molar-refractivity contribution in [1.29, 1.82) is 5.26 Å². The van der Waals surface area contributed by atoms with E-state index in [1.165, 1.54) is 6.92 Å². The highest BCUT2D eigenvalue weighted by atomic mass is 16.5. The van der Waals surface area contributed by atoms with Crippen LogP contribution in [0, 0.1) is 11.3 Å². The molecule has 3 rings (SSSR count). The Bertz CT molecular complexity index is 1030. The van der Waals surface area contributed by atoms with E-state index in [1.54, 1.807) is 60.7 Å². The number of hydrogen-bond acceptors (Lipinski definition) is 5. The number of benzene rings is 2. The van der Waals surface area contributed by atoms with Crippen molar-refractivity contribution in [3.8, 4) is 11.8 Å². The average Bonchev–Trinajstić information content (AvgIpc) is 3.16. The van der Waals surface area contributed by atoms with Gasteiger partial charge in [0.2, 0.25) is 0 Å². The minimum Gasteiger partial charge on any atom is -0.484 e. The van der Waals surface area contributed by atoms with Gasteiger partial charge in [0.1, 0.15) is 24.2 Å². The zero-order chi connectivity index (χ0) is 19.2. The van der Waals surface area contributed by atoms with Crippen LogP contribution < -0.4 is 10.1 Å². The van der Waals surface area contributed by atoms with Gasteiger partial charge in [-0.25, -0.2) is 0 Å². The molecule has 27 heavy (non-hydrogen) atoms. The first kappa shape index (κ1) is 18.0. The number of carbonyl (C=O) groups excluding carboxylic acids is 2. The number of ether oxygens (including phenoxy) is 1. The summed E-state index contributed by atoms with van der Waals surface area (Å²) in [6.45, 7) is 1.55. The van der Waals surface area contributed by atoms with E-state index in [1.807, 2.05) is 0 Å². The van der Waals surface area contributed by atoms with Crippen molar-refractivity contribution in [3.05, 3.63) is 83.3 Å². The van der Waals surface area contributed by atoms with Crippen molar-refractivity contribution in [2.45, 2.75) is 13.5 Å². The van der Waals surface area contributed by atoms with Crippen molar-refractivity contribution in [2.75, 3.05) is 5.32 Å². The number of para-hydroxylation sites is 1. The van der Waals surface area contributed by atoms with Gasteiger partial charge in [0.05, 0.1) is 5.56 Å². The van der Waals surface area contributed by atoms with E-state index in [4.69, 9.17) is 14.4 Å². The van der Waals surface area contributed by atoms with E-state index in [-0.39, 0.29) is 18.2 Å². The fourth-order valence-corrected chi connectivity index (χ4v) is 2.42. The van der Waals surface area contributed by atoms with Gasteiger partial charge in [0, 0.05) is 11.3 Å². The molecule has 3 aromatic rings. The average molecular weight is 360 g/mol. The Morgan fingerprint density at radius 2 is 1.93 bits per heavy atom. The third-order valence-electron chi connectivity index (χ3n) is 3.79. The van der Waals surface area contributed by atoms with Gasteiger partial charge in [-0.15, -0.1) is 0 Å². The van der Waals surface area contributed by atoms with Crippen LogP contribution in [0.5, 0.6) is 5.75 Å². The van der Waals surface area contributed by atoms with E-state index in [0.717, 1.165) is 0 Å². The van der Waals surface area contributed by atoms with Crippen molar-refractivity contribution in [2.24, 2.45) is 0 Å². The van der Waals surface area contributed by atoms with Crippen molar-refractivity contribution < 1.29 is 18.7 Å². The Balaban J connectivity index is 1.65. The molecule has 0 aliphatic rings. The molecule has 6 nitrogen and oxygen atoms in total. The second kappa shape index (κ2) is 8.02. The van der Waals surface area contributed by atoms with Gasteiger partial charge in [-0.05, 0) is 43.3 Å². The smallest absolute Gasteiger partial charge is 0.291 e. The predicted molar refractivity (Wildman–Crippen MR) is 98.6 cm³/mol. The SMILES string of the molecule is CC(=O)c1cccc(NC(=O)c2ccc(COc3ccccc3C#N)o2)c1. The Kier molecular flexibility index (Phi) is 5.33. The summed E-state index contributed by atoms with van der Waals surface area (Å²) in [4.78, 5) is 23.7. The standard InChI is InChI=1S/C21H16N2O4/c1-14(24)15-6-4-7-17(11-15)23-21(25)20-10-9-18(27-20)13-26-19-8-3-2-5-16(19)12-22/h2-11H,13H2,1H3,(H,23,25). The molecule has 0 saturated heterocycles. The molecule has 0 fully saturated rings. The van der Waals surface area contributed by atoms with Crippen molar-refractivity contribution in [3.63, 3.8) is 0 Å². The molecule has 0 unspecified atom stereocenters. The minimum atomic E-state index is -0.431. The first-order chi connectivity index (χ1) is 13.1. The number of nitriles is 1. The number of rotatable bonds is 6. The number of amides is 1. The summed E-state index contributed by atoms with van der Waals surface area (Å²) >= 11 is 0. The molecule has 0 aliphatic heterocycles. The van der Waals surface area contributed by atoms with Gasteiger partial charge in [-0.1, -0.05) is 24.3 Å². The molecule has 1 aromatic heterocycles. The summed E-state index contributed by atoms with van der Waals surface area (Å²) in [7, 11) is 0. The lowest BCUT2D eigenvalue weighted by atomic mass is 10.1. The molecule has 0 atom stereocenters. The molecule has 134 valence electrons. The molecule has 1 heterocycles. The maximum absolute atomic E-state index is 12.3. The van der Waals surface area contributed by atoms with E-state index >= 15 is 0 Å². The minimum absolute atomic E-state index is 0.0822. The fraction of sp³-hybridized carbons (Fsp3) is 0.0952. The van der Waals surface area contributed by atoms with E-state index in [9.17, 15) is 9.59 Å². The molecule has 1 N–H and O–H groups in total. The van der Waals surface area contributed by atoms with Crippen LogP contribution in [0.3, 0.4) is 0 Å². The topological polar surface area (TPSA) is 92.3 Å². The molecular weight excluding hydrogens is 344 g/mol. The molecule has 0 saturated carbocycles. The number of furan rings is 1. The summed E-state index contributed by atoms with van der Waals surface area (Å²) < 4.78 is 11.1. The highest BCUT2D eigenvalue weighted by Crippen LogP contribution is 2.19. The quantitative estimate of drug-likeness (QED) is 0.666. The summed E-state index contributed by atoms with van der Waals surface area (Å²) in [5, 5.41) is 11.7. The van der Waals surface area contributed by atoms with Crippen LogP contribution in [0.25, 0.3) is 0 Å². The van der Waals surface area contributed by atoms with Crippen LogP contribution in [-0.4, -0.2) is 11.7 Å². The second-order valence-electron chi connectivity index (χ2n) is 5.75. The summed E-state index contributed by atoms with van der Waals surface area (Å²) in [5.41, 5.74) is 1.44. The maximum Gasteiger partial charge on any atom is 0.291 e. The molecule has 0 aliphatic carbocycles. The maximum atomic E-state index is 12.3. The zero-order valence-electron chi connectivity index (χ0n) is 14.6. The highest BCUT2D eigenvalue weighted by Gasteiger charge is 2.13. The second-order valence-corrected chi connectivity index (χ2v) is 5.75. The summed E-state index contributed by atoms with van der Waals surface area (Å²) in [5.74, 6) is 0.504. The van der Waals surface area contributed by atoms with Gasteiger partial charge in [-0.3, -0.25) is 9.59 Å². The van der Waals surface area contributed by atoms with Gasteiger partial charge in [0.25, 0.3) is 5.91 Å². The van der Waals surface area contributed by atoms with Crippen LogP contribution >= 0.6 is 0 Å². The Morgan fingerprint density at radius 1 is 1.11 bits per heavy atom. The van der Waals surface area contributed by atoms with Crippen molar-refractivity contribution in [1.82, 2.24) is 0 Å². The van der Waals surface area contributed by atoms with E-state index in [2.05, 4.69) is 11.4 Å². The molecule has 1 amide bonds. The van der Waals surface area contributed by atoms with Crippen molar-refractivity contribution >= 4 is 17.4 Å². The lowest BCUT2D eigenvalue weighted by Crippen LogP contribution is -2.11. The van der Waals surface area contributed by atoms with E-state index < -0.39 is 5.91 Å². The van der Waals surface area contributed by atoms with Gasteiger partial charge >= 0.3 is 0 Å². The largest absolute Gasteiger partial charge is 0.484 e. The van der Waals surface area contributed by atoms with Crippen LogP contribution in [0.1, 0.15) is 39.2 Å². The van der Waals surface area contributed by atoms with E-state index in [0.29, 0.717) is 28.3 Å². The number of carbonyl (C=O) groups is 2. The highest BCUT2D eigenvalue weighted by molar-refractivity contribution is 6.03. The first-order valence-corrected chi connectivity index (χ1v) is 8.20. The van der Waals surface area contributed by atoms with Crippen LogP contribution in [-0.2, 0) is 6.61 Å². The molecule has 6 heteroatoms. The Hall–Kier alpha value is -3.85. The predicted octanol–water partition coefficient (Wildman–Crippen LogP) is 4.19. The normalized spacial score (nSPS) is 10.1. The first-order valence-electron chi connectivity index (χ1n) is 8.20. The number of Topliss-reactive ketones (excluding diaryl/α,β-unsaturated/α-hetero) is 1. The summed E-state index contributed by atoms with van der Waals surface area (Å²) in [6.07, 6.45) is 0. The molecular formula is C21H16N2O4. The molecule has 0 spiro atoms. The molecule has 0 bridgehead atoms. The van der Waals surface area contributed by atoms with Crippen LogP contribution in [0.4, 0.5) is 5.69 Å². The van der Waals surface area contributed by atoms with Gasteiger partial charge in [-0.2, -0.15) is 5.26 Å². The van der Waals surface area contributed by atoms with Gasteiger partial charge in [0.15, 0.2) is 11.5 Å².